The van der Waals surface area contributed by atoms with Crippen LogP contribution in [0.25, 0.3) is 0 Å². The first-order valence-corrected chi connectivity index (χ1v) is 12.1. The summed E-state index contributed by atoms with van der Waals surface area (Å²) in [5.41, 5.74) is 0.853. The second-order valence-electron chi connectivity index (χ2n) is 8.09. The fourth-order valence-electron chi connectivity index (χ4n) is 4.54. The van der Waals surface area contributed by atoms with Crippen molar-refractivity contribution in [3.63, 3.8) is 0 Å². The smallest absolute Gasteiger partial charge is 0.260 e. The molecule has 1 N–H and O–H groups in total. The predicted molar refractivity (Wildman–Crippen MR) is 111 cm³/mol. The molecule has 2 unspecified atom stereocenters. The fraction of sp³-hybridized carbons (Fsp3) is 0.619. The van der Waals surface area contributed by atoms with E-state index in [0.29, 0.717) is 38.2 Å². The summed E-state index contributed by atoms with van der Waals surface area (Å²) in [4.78, 5) is 14.7. The maximum absolute atomic E-state index is 13.0. The number of carbonyl (C=O) groups is 1. The van der Waals surface area contributed by atoms with Crippen molar-refractivity contribution in [3.05, 3.63) is 29.8 Å². The molecule has 1 aromatic rings. The Bertz CT molecular complexity index is 867. The lowest BCUT2D eigenvalue weighted by atomic mass is 9.82. The Kier molecular flexibility index (Phi) is 5.30. The van der Waals surface area contributed by atoms with Gasteiger partial charge in [-0.05, 0) is 55.5 Å². The van der Waals surface area contributed by atoms with E-state index in [4.69, 9.17) is 10.8 Å². The van der Waals surface area contributed by atoms with Crippen LogP contribution in [0.15, 0.2) is 24.3 Å². The number of ether oxygens (including phenoxy) is 2. The van der Waals surface area contributed by atoms with Gasteiger partial charge < -0.3 is 14.4 Å². The topological polar surface area (TPSA) is 67.9 Å². The molecule has 1 aromatic carbocycles. The quantitative estimate of drug-likeness (QED) is 0.761. The lowest BCUT2D eigenvalue weighted by Gasteiger charge is -2.32. The zero-order valence-corrected chi connectivity index (χ0v) is 17.2. The molecule has 6 nitrogen and oxygen atoms in total. The van der Waals surface area contributed by atoms with Crippen LogP contribution in [0.2, 0.25) is 0 Å². The van der Waals surface area contributed by atoms with Gasteiger partial charge in [0.05, 0.1) is 18.8 Å². The molecule has 3 heterocycles. The van der Waals surface area contributed by atoms with E-state index in [9.17, 15) is 9.00 Å². The summed E-state index contributed by atoms with van der Waals surface area (Å²) in [6.07, 6.45) is 5.36. The standard InChI is InChI=1S/C21H30N2O4S/c1-28(2,25)22-18-11-12-23-19(18)13-26-16-9-7-15(8-10-16)17-5-3-4-6-20(17)27-14-21(23)24/h3-6,15-16,18-19H,1,7-14H2,2H3,(H,22,25)/t15?,16?,18-,19?,28?/m0/s1/i15D. The van der Waals surface area contributed by atoms with Crippen LogP contribution in [-0.2, 0) is 19.2 Å². The van der Waals surface area contributed by atoms with Crippen LogP contribution >= 0.6 is 0 Å². The Hall–Kier alpha value is -1.57. The molecule has 4 aliphatic rings. The van der Waals surface area contributed by atoms with Gasteiger partial charge in [-0.25, -0.2) is 4.72 Å². The zero-order valence-electron chi connectivity index (χ0n) is 17.4. The molecule has 1 saturated heterocycles. The Morgan fingerprint density at radius 3 is 2.75 bits per heavy atom. The maximum atomic E-state index is 13.0. The van der Waals surface area contributed by atoms with Gasteiger partial charge in [0.2, 0.25) is 0 Å². The van der Waals surface area contributed by atoms with E-state index in [-0.39, 0.29) is 30.7 Å². The van der Waals surface area contributed by atoms with Gasteiger partial charge in [-0.2, -0.15) is 0 Å². The molecule has 154 valence electrons. The van der Waals surface area contributed by atoms with Crippen molar-refractivity contribution < 1.29 is 19.8 Å². The molecule has 0 spiro atoms. The Morgan fingerprint density at radius 2 is 2.00 bits per heavy atom. The third kappa shape index (κ3) is 4.36. The number of hydrogen-bond donors (Lipinski definition) is 1. The van der Waals surface area contributed by atoms with Gasteiger partial charge in [0.15, 0.2) is 6.61 Å². The van der Waals surface area contributed by atoms with Gasteiger partial charge in [0.25, 0.3) is 5.91 Å². The molecule has 7 heteroatoms. The first-order chi connectivity index (χ1) is 13.8. The minimum absolute atomic E-state index is 0.0752. The van der Waals surface area contributed by atoms with Crippen LogP contribution in [0.4, 0.5) is 0 Å². The maximum Gasteiger partial charge on any atom is 0.260 e. The first kappa shape index (κ1) is 18.5. The molecule has 1 saturated carbocycles. The number of para-hydroxylation sites is 1. The summed E-state index contributed by atoms with van der Waals surface area (Å²) >= 11 is 0. The van der Waals surface area contributed by atoms with Crippen LogP contribution in [0, 0.1) is 0 Å². The van der Waals surface area contributed by atoms with E-state index in [2.05, 4.69) is 10.6 Å². The molecule has 5 rings (SSSR count). The highest BCUT2D eigenvalue weighted by molar-refractivity contribution is 7.97. The van der Waals surface area contributed by atoms with Crippen LogP contribution in [0.5, 0.6) is 5.75 Å². The molecule has 0 radical (unpaired) electrons. The van der Waals surface area contributed by atoms with Crippen molar-refractivity contribution in [1.82, 2.24) is 9.62 Å². The molecule has 2 bridgehead atoms. The molecule has 1 aliphatic carbocycles. The van der Waals surface area contributed by atoms with Crippen LogP contribution < -0.4 is 9.46 Å². The van der Waals surface area contributed by atoms with E-state index in [1.807, 2.05) is 24.3 Å². The average molecular weight is 408 g/mol. The molecular formula is C21H30N2O4S. The van der Waals surface area contributed by atoms with Gasteiger partial charge in [0.1, 0.15) is 5.75 Å². The van der Waals surface area contributed by atoms with Gasteiger partial charge >= 0.3 is 0 Å². The van der Waals surface area contributed by atoms with Crippen molar-refractivity contribution in [2.24, 2.45) is 0 Å². The van der Waals surface area contributed by atoms with Gasteiger partial charge in [-0.1, -0.05) is 18.2 Å². The van der Waals surface area contributed by atoms with E-state index in [1.54, 1.807) is 11.2 Å². The lowest BCUT2D eigenvalue weighted by Crippen LogP contribution is -2.50. The lowest BCUT2D eigenvalue weighted by molar-refractivity contribution is -0.136. The zero-order chi connectivity index (χ0) is 20.6. The minimum atomic E-state index is -2.39. The van der Waals surface area contributed by atoms with Crippen molar-refractivity contribution in [3.8, 4) is 5.75 Å². The molecule has 28 heavy (non-hydrogen) atoms. The third-order valence-corrected chi connectivity index (χ3v) is 6.73. The Balaban J connectivity index is 1.62. The molecule has 2 fully saturated rings. The number of carbonyl (C=O) groups excluding carboxylic acids is 1. The summed E-state index contributed by atoms with van der Waals surface area (Å²) in [6, 6.07) is 7.27. The second kappa shape index (κ2) is 8.05. The van der Waals surface area contributed by atoms with Crippen molar-refractivity contribution >= 4 is 21.5 Å². The minimum Gasteiger partial charge on any atom is -0.483 e. The molecule has 1 amide bonds. The highest BCUT2D eigenvalue weighted by Crippen LogP contribution is 2.38. The second-order valence-corrected chi connectivity index (χ2v) is 10.3. The SMILES string of the molecule is [2H]C12CCC(CC1)OCC1[C@@H](NS(=C)(C)=O)CCN1C(=O)COc1ccccc12. The van der Waals surface area contributed by atoms with E-state index >= 15 is 0 Å². The van der Waals surface area contributed by atoms with Gasteiger partial charge in [0, 0.05) is 29.9 Å². The van der Waals surface area contributed by atoms with E-state index in [0.717, 1.165) is 18.4 Å². The summed E-state index contributed by atoms with van der Waals surface area (Å²) in [5, 5.41) is 0. The number of nitrogens with zero attached hydrogens (tertiary/aromatic N) is 1. The normalized spacial score (nSPS) is 36.0. The summed E-state index contributed by atoms with van der Waals surface area (Å²) < 4.78 is 36.5. The van der Waals surface area contributed by atoms with E-state index < -0.39 is 15.6 Å². The fourth-order valence-corrected chi connectivity index (χ4v) is 5.46. The van der Waals surface area contributed by atoms with Crippen molar-refractivity contribution in [2.75, 3.05) is 26.0 Å². The number of benzene rings is 1. The monoisotopic (exact) mass is 407 g/mol. The molecule has 3 aliphatic heterocycles. The van der Waals surface area contributed by atoms with Crippen LogP contribution in [0.1, 0.15) is 44.9 Å². The third-order valence-electron chi connectivity index (χ3n) is 5.92. The molecular weight excluding hydrogens is 376 g/mol. The van der Waals surface area contributed by atoms with Crippen molar-refractivity contribution in [1.29, 1.82) is 0 Å². The number of fused-ring (bicyclic) bond motifs is 5. The summed E-state index contributed by atoms with van der Waals surface area (Å²) in [5.74, 6) is 3.49. The highest BCUT2D eigenvalue weighted by Gasteiger charge is 2.39. The predicted octanol–water partition coefficient (Wildman–Crippen LogP) is 1.94. The molecule has 3 atom stereocenters. The van der Waals surface area contributed by atoms with Gasteiger partial charge in [-0.3, -0.25) is 9.00 Å². The highest BCUT2D eigenvalue weighted by atomic mass is 32.2. The number of hydrogen-bond acceptors (Lipinski definition) is 4. The first-order valence-electron chi connectivity index (χ1n) is 10.5. The van der Waals surface area contributed by atoms with E-state index in [1.165, 1.54) is 0 Å². The Morgan fingerprint density at radius 1 is 1.25 bits per heavy atom. The summed E-state index contributed by atoms with van der Waals surface area (Å²) in [6.45, 7) is 0.880. The number of nitrogens with one attached hydrogen (secondary N) is 1. The average Bonchev–Trinajstić information content (AvgIpc) is 3.06. The van der Waals surface area contributed by atoms with Crippen LogP contribution in [0.3, 0.4) is 0 Å². The van der Waals surface area contributed by atoms with Crippen molar-refractivity contribution in [2.45, 2.75) is 56.2 Å². The van der Waals surface area contributed by atoms with Crippen LogP contribution in [-0.4, -0.2) is 65.1 Å². The number of amides is 1. The number of rotatable bonds is 2. The largest absolute Gasteiger partial charge is 0.483 e. The Labute approximate surface area is 169 Å². The van der Waals surface area contributed by atoms with Gasteiger partial charge in [-0.15, -0.1) is 0 Å². The summed E-state index contributed by atoms with van der Waals surface area (Å²) in [7, 11) is -2.39. The molecule has 0 aromatic heterocycles.